The molecule has 29 heavy (non-hydrogen) atoms. The van der Waals surface area contributed by atoms with Crippen LogP contribution in [-0.4, -0.2) is 18.0 Å². The predicted octanol–water partition coefficient (Wildman–Crippen LogP) is 4.98. The maximum absolute atomic E-state index is 13.7. The first kappa shape index (κ1) is 18.6. The molecule has 0 saturated carbocycles. The van der Waals surface area contributed by atoms with Gasteiger partial charge in [0, 0.05) is 29.9 Å². The van der Waals surface area contributed by atoms with Crippen molar-refractivity contribution >= 4 is 16.7 Å². The molecule has 0 radical (unpaired) electrons. The molecule has 1 heterocycles. The van der Waals surface area contributed by atoms with Crippen LogP contribution >= 0.6 is 0 Å². The van der Waals surface area contributed by atoms with E-state index in [1.807, 2.05) is 24.3 Å². The second-order valence-corrected chi connectivity index (χ2v) is 6.62. The van der Waals surface area contributed by atoms with Gasteiger partial charge in [-0.3, -0.25) is 9.78 Å². The van der Waals surface area contributed by atoms with Crippen molar-refractivity contribution in [2.24, 2.45) is 0 Å². The largest absolute Gasteiger partial charge is 0.497 e. The van der Waals surface area contributed by atoms with Crippen molar-refractivity contribution < 1.29 is 13.9 Å². The number of ether oxygens (including phenoxy) is 1. The summed E-state index contributed by atoms with van der Waals surface area (Å²) in [7, 11) is 1.59. The van der Waals surface area contributed by atoms with Crippen LogP contribution in [-0.2, 0) is 6.54 Å². The van der Waals surface area contributed by atoms with Gasteiger partial charge in [-0.2, -0.15) is 0 Å². The number of aromatic nitrogens is 1. The first-order valence-corrected chi connectivity index (χ1v) is 9.19. The highest BCUT2D eigenvalue weighted by Crippen LogP contribution is 2.30. The minimum absolute atomic E-state index is 0.168. The highest BCUT2D eigenvalue weighted by atomic mass is 19.1. The van der Waals surface area contributed by atoms with Crippen LogP contribution in [0.1, 0.15) is 15.9 Å². The second-order valence-electron chi connectivity index (χ2n) is 6.62. The first-order chi connectivity index (χ1) is 14.2. The van der Waals surface area contributed by atoms with Crippen molar-refractivity contribution in [3.63, 3.8) is 0 Å². The van der Waals surface area contributed by atoms with Gasteiger partial charge in [0.25, 0.3) is 5.91 Å². The predicted molar refractivity (Wildman–Crippen MR) is 111 cm³/mol. The number of halogens is 1. The number of benzene rings is 3. The number of carbonyl (C=O) groups excluding carboxylic acids is 1. The number of nitrogens with zero attached hydrogens (tertiary/aromatic N) is 1. The molecule has 1 N–H and O–H groups in total. The Morgan fingerprint density at radius 3 is 2.62 bits per heavy atom. The van der Waals surface area contributed by atoms with Crippen LogP contribution in [0, 0.1) is 5.82 Å². The second kappa shape index (κ2) is 8.10. The summed E-state index contributed by atoms with van der Waals surface area (Å²) in [6.07, 6.45) is 3.48. The van der Waals surface area contributed by atoms with Gasteiger partial charge < -0.3 is 10.1 Å². The van der Waals surface area contributed by atoms with Gasteiger partial charge in [-0.25, -0.2) is 4.39 Å². The van der Waals surface area contributed by atoms with Gasteiger partial charge in [-0.1, -0.05) is 24.3 Å². The number of fused-ring (bicyclic) bond motifs is 1. The Balaban J connectivity index is 1.61. The molecule has 0 fully saturated rings. The molecule has 0 aliphatic carbocycles. The minimum atomic E-state index is -0.277. The van der Waals surface area contributed by atoms with Gasteiger partial charge in [0.05, 0.1) is 7.11 Å². The normalized spacial score (nSPS) is 10.7. The van der Waals surface area contributed by atoms with E-state index in [2.05, 4.69) is 10.3 Å². The summed E-state index contributed by atoms with van der Waals surface area (Å²) < 4.78 is 18.8. The third-order valence-electron chi connectivity index (χ3n) is 4.84. The standard InChI is InChI=1S/C24H19FN2O2/c1-29-20-8-5-16(6-9-20)24(28)27-14-18-7-10-21(17-3-2-4-19(25)13-17)22-11-12-26-15-23(18)22/h2-13,15H,14H2,1H3,(H,27,28). The number of methoxy groups -OCH3 is 1. The molecule has 0 saturated heterocycles. The number of carbonyl (C=O) groups is 1. The van der Waals surface area contributed by atoms with Gasteiger partial charge in [0.1, 0.15) is 11.6 Å². The lowest BCUT2D eigenvalue weighted by Gasteiger charge is -2.12. The van der Waals surface area contributed by atoms with Gasteiger partial charge in [0.2, 0.25) is 0 Å². The Hall–Kier alpha value is -3.73. The highest BCUT2D eigenvalue weighted by Gasteiger charge is 2.11. The molecule has 5 heteroatoms. The summed E-state index contributed by atoms with van der Waals surface area (Å²) in [6.45, 7) is 0.358. The Morgan fingerprint density at radius 2 is 1.86 bits per heavy atom. The molecule has 0 aliphatic rings. The van der Waals surface area contributed by atoms with Crippen LogP contribution in [0.3, 0.4) is 0 Å². The van der Waals surface area contributed by atoms with E-state index in [0.29, 0.717) is 17.9 Å². The molecule has 0 atom stereocenters. The molecular weight excluding hydrogens is 367 g/mol. The molecule has 0 spiro atoms. The molecule has 0 bridgehead atoms. The van der Waals surface area contributed by atoms with Gasteiger partial charge in [-0.05, 0) is 64.5 Å². The fourth-order valence-electron chi connectivity index (χ4n) is 3.33. The lowest BCUT2D eigenvalue weighted by atomic mass is 9.96. The average Bonchev–Trinajstić information content (AvgIpc) is 2.77. The van der Waals surface area contributed by atoms with E-state index >= 15 is 0 Å². The van der Waals surface area contributed by atoms with Gasteiger partial charge in [0.15, 0.2) is 0 Å². The number of rotatable bonds is 5. The van der Waals surface area contributed by atoms with E-state index in [1.54, 1.807) is 49.8 Å². The van der Waals surface area contributed by atoms with Crippen LogP contribution in [0.2, 0.25) is 0 Å². The molecule has 1 amide bonds. The van der Waals surface area contributed by atoms with Gasteiger partial charge >= 0.3 is 0 Å². The van der Waals surface area contributed by atoms with E-state index < -0.39 is 0 Å². The number of hydrogen-bond acceptors (Lipinski definition) is 3. The van der Waals surface area contributed by atoms with Crippen LogP contribution in [0.4, 0.5) is 4.39 Å². The average molecular weight is 386 g/mol. The van der Waals surface area contributed by atoms with E-state index in [9.17, 15) is 9.18 Å². The van der Waals surface area contributed by atoms with E-state index in [-0.39, 0.29) is 11.7 Å². The summed E-state index contributed by atoms with van der Waals surface area (Å²) in [4.78, 5) is 16.7. The van der Waals surface area contributed by atoms with Crippen LogP contribution in [0.15, 0.2) is 79.1 Å². The number of nitrogens with one attached hydrogen (secondary N) is 1. The van der Waals surface area contributed by atoms with Gasteiger partial charge in [-0.15, -0.1) is 0 Å². The van der Waals surface area contributed by atoms with Crippen molar-refractivity contribution in [3.8, 4) is 16.9 Å². The summed E-state index contributed by atoms with van der Waals surface area (Å²) in [6, 6.07) is 19.3. The summed E-state index contributed by atoms with van der Waals surface area (Å²) in [5.41, 5.74) is 3.22. The highest BCUT2D eigenvalue weighted by molar-refractivity contribution is 5.99. The zero-order chi connectivity index (χ0) is 20.2. The minimum Gasteiger partial charge on any atom is -0.497 e. The number of hydrogen-bond donors (Lipinski definition) is 1. The molecule has 0 aliphatic heterocycles. The molecule has 4 rings (SSSR count). The quantitative estimate of drug-likeness (QED) is 0.526. The Kier molecular flexibility index (Phi) is 5.20. The van der Waals surface area contributed by atoms with Crippen molar-refractivity contribution in [1.29, 1.82) is 0 Å². The Morgan fingerprint density at radius 1 is 1.03 bits per heavy atom. The Labute approximate surface area is 168 Å². The maximum Gasteiger partial charge on any atom is 0.251 e. The molecule has 4 aromatic rings. The monoisotopic (exact) mass is 386 g/mol. The van der Waals surface area contributed by atoms with Crippen molar-refractivity contribution in [1.82, 2.24) is 10.3 Å². The van der Waals surface area contributed by atoms with Crippen molar-refractivity contribution in [2.75, 3.05) is 7.11 Å². The first-order valence-electron chi connectivity index (χ1n) is 9.19. The van der Waals surface area contributed by atoms with Crippen molar-refractivity contribution in [2.45, 2.75) is 6.54 Å². The summed E-state index contributed by atoms with van der Waals surface area (Å²) in [5.74, 6) is 0.256. The van der Waals surface area contributed by atoms with Crippen LogP contribution in [0.5, 0.6) is 5.75 Å². The van der Waals surface area contributed by atoms with Crippen LogP contribution in [0.25, 0.3) is 21.9 Å². The molecule has 4 nitrogen and oxygen atoms in total. The molecule has 3 aromatic carbocycles. The smallest absolute Gasteiger partial charge is 0.251 e. The maximum atomic E-state index is 13.7. The summed E-state index contributed by atoms with van der Waals surface area (Å²) >= 11 is 0. The zero-order valence-electron chi connectivity index (χ0n) is 15.9. The molecule has 144 valence electrons. The molecule has 0 unspecified atom stereocenters. The lowest BCUT2D eigenvalue weighted by Crippen LogP contribution is -2.22. The van der Waals surface area contributed by atoms with Crippen LogP contribution < -0.4 is 10.1 Å². The third kappa shape index (κ3) is 3.94. The Bertz CT molecular complexity index is 1170. The third-order valence-corrected chi connectivity index (χ3v) is 4.84. The fraction of sp³-hybridized carbons (Fsp3) is 0.0833. The zero-order valence-corrected chi connectivity index (χ0v) is 15.9. The molecular formula is C24H19FN2O2. The number of pyridine rings is 1. The molecule has 1 aromatic heterocycles. The van der Waals surface area contributed by atoms with E-state index in [0.717, 1.165) is 27.5 Å². The number of amides is 1. The van der Waals surface area contributed by atoms with Crippen molar-refractivity contribution in [3.05, 3.63) is 96.1 Å². The fourth-order valence-corrected chi connectivity index (χ4v) is 3.33. The van der Waals surface area contributed by atoms with E-state index in [4.69, 9.17) is 4.74 Å². The topological polar surface area (TPSA) is 51.2 Å². The summed E-state index contributed by atoms with van der Waals surface area (Å²) in [5, 5.41) is 4.83. The SMILES string of the molecule is COc1ccc(C(=O)NCc2ccc(-c3cccc(F)c3)c3ccncc23)cc1. The lowest BCUT2D eigenvalue weighted by molar-refractivity contribution is 0.0951. The van der Waals surface area contributed by atoms with E-state index in [1.165, 1.54) is 12.1 Å².